The number of esters is 1. The Bertz CT molecular complexity index is 1430. The van der Waals surface area contributed by atoms with Crippen LogP contribution in [0.2, 0.25) is 0 Å². The highest BCUT2D eigenvalue weighted by Crippen LogP contribution is 2.36. The highest BCUT2D eigenvalue weighted by Gasteiger charge is 2.49. The van der Waals surface area contributed by atoms with Crippen molar-refractivity contribution in [2.75, 3.05) is 20.3 Å². The Morgan fingerprint density at radius 3 is 2.16 bits per heavy atom. The van der Waals surface area contributed by atoms with E-state index in [4.69, 9.17) is 23.9 Å². The van der Waals surface area contributed by atoms with Crippen molar-refractivity contribution in [1.29, 1.82) is 0 Å². The Morgan fingerprint density at radius 1 is 0.893 bits per heavy atom. The van der Waals surface area contributed by atoms with Crippen molar-refractivity contribution in [2.45, 2.75) is 168 Å². The molecule has 1 aromatic rings. The van der Waals surface area contributed by atoms with Gasteiger partial charge in [0, 0.05) is 18.1 Å². The summed E-state index contributed by atoms with van der Waals surface area (Å²) in [5.74, 6) is 1.13. The number of benzene rings is 1. The van der Waals surface area contributed by atoms with Crippen LogP contribution < -0.4 is 25.7 Å². The van der Waals surface area contributed by atoms with E-state index in [1.807, 2.05) is 31.2 Å². The largest absolute Gasteiger partial charge is 0.497 e. The summed E-state index contributed by atoms with van der Waals surface area (Å²) in [6, 6.07) is 8.03. The summed E-state index contributed by atoms with van der Waals surface area (Å²) in [5, 5.41) is 8.67. The maximum absolute atomic E-state index is 13.7. The summed E-state index contributed by atoms with van der Waals surface area (Å²) in [4.78, 5) is 49.0. The summed E-state index contributed by atoms with van der Waals surface area (Å²) in [6.07, 6.45) is 16.0. The third kappa shape index (κ3) is 16.8. The predicted molar refractivity (Wildman–Crippen MR) is 220 cm³/mol. The minimum absolute atomic E-state index is 0.0120. The van der Waals surface area contributed by atoms with Crippen LogP contribution in [-0.2, 0) is 25.5 Å². The number of carbonyl (C=O) groups is 3. The minimum atomic E-state index is -0.721. The van der Waals surface area contributed by atoms with E-state index < -0.39 is 23.4 Å². The number of allylic oxidation sites excluding steroid dienone is 1. The highest BCUT2D eigenvalue weighted by atomic mass is 16.6. The fourth-order valence-corrected chi connectivity index (χ4v) is 6.97. The smallest absolute Gasteiger partial charge is 0.476 e. The molecule has 0 saturated carbocycles. The van der Waals surface area contributed by atoms with Crippen molar-refractivity contribution >= 4 is 30.1 Å². The fourth-order valence-electron chi connectivity index (χ4n) is 6.97. The van der Waals surface area contributed by atoms with E-state index >= 15 is 0 Å². The van der Waals surface area contributed by atoms with Crippen molar-refractivity contribution < 1.29 is 38.3 Å². The molecule has 1 aromatic carbocycles. The van der Waals surface area contributed by atoms with Gasteiger partial charge in [-0.05, 0) is 111 Å². The van der Waals surface area contributed by atoms with Gasteiger partial charge in [0.1, 0.15) is 17.0 Å². The van der Waals surface area contributed by atoms with Gasteiger partial charge in [-0.25, -0.2) is 14.6 Å². The van der Waals surface area contributed by atoms with Crippen molar-refractivity contribution in [1.82, 2.24) is 20.9 Å². The van der Waals surface area contributed by atoms with Gasteiger partial charge >= 0.3 is 24.1 Å². The molecule has 2 aliphatic rings. The second kappa shape index (κ2) is 23.1. The van der Waals surface area contributed by atoms with Crippen LogP contribution in [0.15, 0.2) is 41.4 Å². The lowest BCUT2D eigenvalue weighted by atomic mass is 9.89. The Kier molecular flexibility index (Phi) is 19.0. The van der Waals surface area contributed by atoms with E-state index in [0.29, 0.717) is 25.9 Å². The summed E-state index contributed by atoms with van der Waals surface area (Å²) in [5.41, 5.74) is -0.356. The number of nitrogens with one attached hydrogen (secondary N) is 4. The van der Waals surface area contributed by atoms with Gasteiger partial charge in [0.15, 0.2) is 5.96 Å². The number of nitrogens with zero attached hydrogens (tertiary/aromatic N) is 2. The van der Waals surface area contributed by atoms with Gasteiger partial charge in [-0.1, -0.05) is 63.3 Å². The van der Waals surface area contributed by atoms with Gasteiger partial charge in [0.05, 0.1) is 32.7 Å². The molecule has 0 bridgehead atoms. The number of unbranched alkanes of at least 4 members (excludes halogenated alkanes) is 7. The van der Waals surface area contributed by atoms with Crippen LogP contribution in [0, 0.1) is 5.92 Å². The first-order chi connectivity index (χ1) is 26.6. The molecule has 13 heteroatoms. The molecule has 314 valence electrons. The SMILES string of the molecule is CCCCCCCC/C=C/C[C@@H]1CC[C@H]2[C@@H](C(=O)OCCCC[NH+]=C(NC(=O)OC(C)(C)C)NC(=O)OC(C)(C)C)[C@@H](C)NC(=NCc3ccc(OC)cc3)N12. The number of guanidine groups is 2. The van der Waals surface area contributed by atoms with Gasteiger partial charge in [-0.15, -0.1) is 0 Å². The van der Waals surface area contributed by atoms with Gasteiger partial charge in [0.2, 0.25) is 0 Å². The molecule has 4 N–H and O–H groups in total. The lowest BCUT2D eigenvalue weighted by Crippen LogP contribution is -2.80. The van der Waals surface area contributed by atoms with E-state index in [1.165, 1.54) is 38.5 Å². The Hall–Kier alpha value is -4.29. The first kappa shape index (κ1) is 46.1. The van der Waals surface area contributed by atoms with E-state index in [1.54, 1.807) is 48.7 Å². The normalized spacial score (nSPS) is 20.2. The Morgan fingerprint density at radius 2 is 1.54 bits per heavy atom. The second-order valence-electron chi connectivity index (χ2n) is 16.8. The Labute approximate surface area is 335 Å². The molecule has 0 aromatic heterocycles. The third-order valence-corrected chi connectivity index (χ3v) is 9.61. The molecule has 2 fully saturated rings. The number of aliphatic imine (C=N–C) groups is 1. The molecule has 2 amide bonds. The molecular formula is C43H71N6O7+. The van der Waals surface area contributed by atoms with E-state index in [0.717, 1.165) is 43.0 Å². The zero-order valence-corrected chi connectivity index (χ0v) is 35.6. The van der Waals surface area contributed by atoms with Gasteiger partial charge < -0.3 is 29.2 Å². The molecule has 0 spiro atoms. The minimum Gasteiger partial charge on any atom is -0.497 e. The maximum atomic E-state index is 13.7. The van der Waals surface area contributed by atoms with Crippen molar-refractivity contribution in [3.05, 3.63) is 42.0 Å². The molecule has 3 rings (SSSR count). The van der Waals surface area contributed by atoms with E-state index in [-0.39, 0.29) is 42.6 Å². The number of carbonyl (C=O) groups excluding carboxylic acids is 3. The zero-order valence-electron chi connectivity index (χ0n) is 35.6. The molecule has 0 aliphatic carbocycles. The second-order valence-corrected chi connectivity index (χ2v) is 16.8. The number of hydrogen-bond donors (Lipinski definition) is 4. The number of rotatable bonds is 18. The van der Waals surface area contributed by atoms with Crippen molar-refractivity contribution in [3.63, 3.8) is 0 Å². The van der Waals surface area contributed by atoms with Crippen molar-refractivity contribution in [3.8, 4) is 5.75 Å². The molecular weight excluding hydrogens is 713 g/mol. The topological polar surface area (TPSA) is 154 Å². The van der Waals surface area contributed by atoms with Gasteiger partial charge in [0.25, 0.3) is 0 Å². The first-order valence-corrected chi connectivity index (χ1v) is 20.7. The number of hydrogen-bond acceptors (Lipinski definition) is 8. The monoisotopic (exact) mass is 784 g/mol. The summed E-state index contributed by atoms with van der Waals surface area (Å²) >= 11 is 0. The lowest BCUT2D eigenvalue weighted by molar-refractivity contribution is -0.461. The molecule has 4 atom stereocenters. The van der Waals surface area contributed by atoms with Crippen LogP contribution >= 0.6 is 0 Å². The average Bonchev–Trinajstić information content (AvgIpc) is 3.53. The number of fused-ring (bicyclic) bond motifs is 1. The maximum Gasteiger partial charge on any atom is 0.476 e. The van der Waals surface area contributed by atoms with Crippen LogP contribution in [0.25, 0.3) is 0 Å². The number of alkyl carbamates (subject to hydrolysis) is 2. The first-order valence-electron chi connectivity index (χ1n) is 20.7. The molecule has 13 nitrogen and oxygen atoms in total. The Balaban J connectivity index is 1.61. The summed E-state index contributed by atoms with van der Waals surface area (Å²) < 4.78 is 21.9. The molecule has 2 aliphatic heterocycles. The summed E-state index contributed by atoms with van der Waals surface area (Å²) in [7, 11) is 1.66. The number of methoxy groups -OCH3 is 1. The van der Waals surface area contributed by atoms with E-state index in [9.17, 15) is 14.4 Å². The number of amides is 2. The van der Waals surface area contributed by atoms with Crippen molar-refractivity contribution in [2.24, 2.45) is 10.9 Å². The standard InChI is InChI=1S/C43H70N6O7/c1-10-11-12-13-14-15-16-17-18-21-33-24-27-35-36(31(2)46-39(49(33)35)45-30-32-22-25-34(53-9)26-23-32)37(50)54-29-20-19-28-44-38(47-40(51)55-42(3,4)5)48-41(52)56-43(6,7)8/h17-18,22-23,25-26,31,33,35-36H,10-16,19-21,24,27-30H2,1-9H3,(H,45,46)(H2,44,47,48,51,52)/p+1/b18-17+/t31-,33-,35+,36+/m1/s1. The van der Waals surface area contributed by atoms with Gasteiger partial charge in [-0.2, -0.15) is 10.6 Å². The van der Waals surface area contributed by atoms with Crippen LogP contribution in [0.4, 0.5) is 9.59 Å². The highest BCUT2D eigenvalue weighted by molar-refractivity contribution is 5.98. The predicted octanol–water partition coefficient (Wildman–Crippen LogP) is 6.50. The van der Waals surface area contributed by atoms with Gasteiger partial charge in [-0.3, -0.25) is 9.79 Å². The lowest BCUT2D eigenvalue weighted by Gasteiger charge is -2.44. The third-order valence-electron chi connectivity index (χ3n) is 9.61. The number of ether oxygens (including phenoxy) is 4. The average molecular weight is 784 g/mol. The van der Waals surface area contributed by atoms with Crippen LogP contribution in [-0.4, -0.2) is 84.6 Å². The zero-order chi connectivity index (χ0) is 41.1. The molecule has 2 saturated heterocycles. The summed E-state index contributed by atoms with van der Waals surface area (Å²) in [6.45, 7) is 15.9. The molecule has 56 heavy (non-hydrogen) atoms. The molecule has 0 unspecified atom stereocenters. The van der Waals surface area contributed by atoms with Crippen LogP contribution in [0.5, 0.6) is 5.75 Å². The van der Waals surface area contributed by atoms with Crippen LogP contribution in [0.1, 0.15) is 138 Å². The molecule has 2 heterocycles. The fraction of sp³-hybridized carbons (Fsp3) is 0.698. The van der Waals surface area contributed by atoms with E-state index in [2.05, 4.69) is 44.9 Å². The quantitative estimate of drug-likeness (QED) is 0.0327. The van der Waals surface area contributed by atoms with Crippen LogP contribution in [0.3, 0.4) is 0 Å². The molecule has 0 radical (unpaired) electrons.